The first kappa shape index (κ1) is 18.6. The molecule has 0 spiro atoms. The molecule has 2 aliphatic rings. The normalized spacial score (nSPS) is 20.0. The molecule has 148 valence electrons. The van der Waals surface area contributed by atoms with Crippen LogP contribution in [0.15, 0.2) is 30.5 Å². The monoisotopic (exact) mass is 385 g/mol. The summed E-state index contributed by atoms with van der Waals surface area (Å²) in [7, 11) is 0. The molecule has 4 rings (SSSR count). The second kappa shape index (κ2) is 8.12. The standard InChI is InChI=1S/C20H24FN5O2/c21-15-4-1-5-16(18(15)26-8-2-3-14(22)12-26)25-20(27)19-23-11-17(24-19)13-6-9-28-10-7-13/h1,4-6,11,14H,2-3,7-10,12,22H2,(H,23,24)(H,25,27). The van der Waals surface area contributed by atoms with Crippen LogP contribution in [0, 0.1) is 5.82 Å². The molecule has 1 atom stereocenters. The molecule has 2 aromatic rings. The zero-order chi connectivity index (χ0) is 19.5. The maximum absolute atomic E-state index is 14.6. The van der Waals surface area contributed by atoms with Crippen LogP contribution in [0.1, 0.15) is 35.6 Å². The molecule has 1 amide bonds. The number of H-pyrrole nitrogens is 1. The fraction of sp³-hybridized carbons (Fsp3) is 0.400. The molecule has 4 N–H and O–H groups in total. The summed E-state index contributed by atoms with van der Waals surface area (Å²) in [5, 5.41) is 2.80. The van der Waals surface area contributed by atoms with E-state index in [0.717, 1.165) is 30.5 Å². The van der Waals surface area contributed by atoms with E-state index in [1.54, 1.807) is 18.3 Å². The molecule has 3 heterocycles. The zero-order valence-corrected chi connectivity index (χ0v) is 15.6. The lowest BCUT2D eigenvalue weighted by Gasteiger charge is -2.34. The maximum Gasteiger partial charge on any atom is 0.291 e. The van der Waals surface area contributed by atoms with Gasteiger partial charge in [-0.3, -0.25) is 4.79 Å². The van der Waals surface area contributed by atoms with Crippen molar-refractivity contribution in [2.45, 2.75) is 25.3 Å². The van der Waals surface area contributed by atoms with Crippen molar-refractivity contribution < 1.29 is 13.9 Å². The molecule has 0 aliphatic carbocycles. The van der Waals surface area contributed by atoms with Crippen molar-refractivity contribution in [3.8, 4) is 0 Å². The topological polar surface area (TPSA) is 96.3 Å². The van der Waals surface area contributed by atoms with Crippen LogP contribution >= 0.6 is 0 Å². The number of nitrogens with zero attached hydrogens (tertiary/aromatic N) is 2. The summed E-state index contributed by atoms with van der Waals surface area (Å²) in [5.41, 5.74) is 8.72. The highest BCUT2D eigenvalue weighted by molar-refractivity contribution is 6.03. The van der Waals surface area contributed by atoms with Crippen molar-refractivity contribution in [1.29, 1.82) is 0 Å². The van der Waals surface area contributed by atoms with Crippen LogP contribution in [-0.4, -0.2) is 48.2 Å². The van der Waals surface area contributed by atoms with Gasteiger partial charge in [-0.05, 0) is 37.0 Å². The van der Waals surface area contributed by atoms with Crippen LogP contribution in [0.5, 0.6) is 0 Å². The molecule has 0 bridgehead atoms. The lowest BCUT2D eigenvalue weighted by atomic mass is 10.1. The summed E-state index contributed by atoms with van der Waals surface area (Å²) in [4.78, 5) is 21.8. The molecule has 1 unspecified atom stereocenters. The zero-order valence-electron chi connectivity index (χ0n) is 15.6. The first-order valence-electron chi connectivity index (χ1n) is 9.54. The molecule has 28 heavy (non-hydrogen) atoms. The lowest BCUT2D eigenvalue weighted by molar-refractivity contribution is 0.101. The number of ether oxygens (including phenoxy) is 1. The summed E-state index contributed by atoms with van der Waals surface area (Å²) in [6, 6.07) is 4.67. The van der Waals surface area contributed by atoms with E-state index in [1.807, 2.05) is 11.0 Å². The highest BCUT2D eigenvalue weighted by Crippen LogP contribution is 2.31. The van der Waals surface area contributed by atoms with Gasteiger partial charge in [0, 0.05) is 19.1 Å². The van der Waals surface area contributed by atoms with E-state index < -0.39 is 5.91 Å². The molecule has 8 heteroatoms. The molecular formula is C20H24FN5O2. The number of amides is 1. The molecule has 1 aromatic carbocycles. The van der Waals surface area contributed by atoms with Crippen LogP contribution in [0.2, 0.25) is 0 Å². The Morgan fingerprint density at radius 2 is 2.32 bits per heavy atom. The number of piperidine rings is 1. The van der Waals surface area contributed by atoms with E-state index in [1.165, 1.54) is 6.07 Å². The van der Waals surface area contributed by atoms with E-state index in [4.69, 9.17) is 10.5 Å². The van der Waals surface area contributed by atoms with Crippen molar-refractivity contribution >= 4 is 22.9 Å². The number of hydrogen-bond donors (Lipinski definition) is 3. The van der Waals surface area contributed by atoms with Gasteiger partial charge < -0.3 is 25.7 Å². The van der Waals surface area contributed by atoms with E-state index in [2.05, 4.69) is 15.3 Å². The Balaban J connectivity index is 1.54. The van der Waals surface area contributed by atoms with Gasteiger partial charge >= 0.3 is 0 Å². The van der Waals surface area contributed by atoms with Crippen molar-refractivity contribution in [1.82, 2.24) is 9.97 Å². The number of imidazole rings is 1. The first-order chi connectivity index (χ1) is 13.6. The smallest absolute Gasteiger partial charge is 0.291 e. The average Bonchev–Trinajstić information content (AvgIpc) is 3.19. The third-order valence-corrected chi connectivity index (χ3v) is 5.11. The summed E-state index contributed by atoms with van der Waals surface area (Å²) in [6.07, 6.45) is 6.20. The quantitative estimate of drug-likeness (QED) is 0.752. The Hall–Kier alpha value is -2.71. The van der Waals surface area contributed by atoms with E-state index in [0.29, 0.717) is 37.7 Å². The number of benzene rings is 1. The summed E-state index contributed by atoms with van der Waals surface area (Å²) >= 11 is 0. The third kappa shape index (κ3) is 3.93. The van der Waals surface area contributed by atoms with E-state index in [9.17, 15) is 9.18 Å². The summed E-state index contributed by atoms with van der Waals surface area (Å²) in [5.74, 6) is -0.598. The Morgan fingerprint density at radius 1 is 1.43 bits per heavy atom. The SMILES string of the molecule is NC1CCCN(c2c(F)cccc2NC(=O)c2ncc(C3=CCOCC3)[nH]2)C1. The predicted octanol–water partition coefficient (Wildman–Crippen LogP) is 2.53. The highest BCUT2D eigenvalue weighted by atomic mass is 19.1. The molecule has 0 radical (unpaired) electrons. The van der Waals surface area contributed by atoms with Crippen LogP contribution in [-0.2, 0) is 4.74 Å². The number of nitrogens with two attached hydrogens (primary N) is 1. The van der Waals surface area contributed by atoms with E-state index >= 15 is 0 Å². The number of carbonyl (C=O) groups excluding carboxylic acids is 1. The Morgan fingerprint density at radius 3 is 3.11 bits per heavy atom. The second-order valence-corrected chi connectivity index (χ2v) is 7.14. The minimum absolute atomic E-state index is 0.00251. The molecule has 2 aliphatic heterocycles. The number of para-hydroxylation sites is 1. The minimum Gasteiger partial charge on any atom is -0.377 e. The average molecular weight is 385 g/mol. The van der Waals surface area contributed by atoms with Crippen molar-refractivity contribution in [2.24, 2.45) is 5.73 Å². The van der Waals surface area contributed by atoms with Crippen LogP contribution < -0.4 is 16.0 Å². The van der Waals surface area contributed by atoms with Gasteiger partial charge in [-0.15, -0.1) is 0 Å². The molecular weight excluding hydrogens is 361 g/mol. The fourth-order valence-electron chi connectivity index (χ4n) is 3.70. The number of rotatable bonds is 4. The molecule has 1 fully saturated rings. The van der Waals surface area contributed by atoms with Gasteiger partial charge in [0.25, 0.3) is 5.91 Å². The van der Waals surface area contributed by atoms with Crippen molar-refractivity contribution in [2.75, 3.05) is 36.5 Å². The number of hydrogen-bond acceptors (Lipinski definition) is 5. The number of aromatic nitrogens is 2. The van der Waals surface area contributed by atoms with Crippen LogP contribution in [0.3, 0.4) is 0 Å². The summed E-state index contributed by atoms with van der Waals surface area (Å²) < 4.78 is 19.9. The Kier molecular flexibility index (Phi) is 5.40. The van der Waals surface area contributed by atoms with Gasteiger partial charge in [0.05, 0.1) is 36.5 Å². The molecule has 7 nitrogen and oxygen atoms in total. The number of nitrogens with one attached hydrogen (secondary N) is 2. The number of carbonyl (C=O) groups is 1. The molecule has 1 saturated heterocycles. The summed E-state index contributed by atoms with van der Waals surface area (Å²) in [6.45, 7) is 2.47. The Labute approximate surface area is 162 Å². The fourth-order valence-corrected chi connectivity index (χ4v) is 3.70. The molecule has 1 aromatic heterocycles. The van der Waals surface area contributed by atoms with Crippen LogP contribution in [0.4, 0.5) is 15.8 Å². The van der Waals surface area contributed by atoms with Gasteiger partial charge in [0.15, 0.2) is 5.82 Å². The number of anilines is 2. The van der Waals surface area contributed by atoms with Gasteiger partial charge in [-0.25, -0.2) is 9.37 Å². The minimum atomic E-state index is -0.410. The van der Waals surface area contributed by atoms with Gasteiger partial charge in [-0.2, -0.15) is 0 Å². The van der Waals surface area contributed by atoms with Gasteiger partial charge in [0.2, 0.25) is 0 Å². The third-order valence-electron chi connectivity index (χ3n) is 5.11. The maximum atomic E-state index is 14.6. The van der Waals surface area contributed by atoms with Crippen molar-refractivity contribution in [3.63, 3.8) is 0 Å². The number of aromatic amines is 1. The predicted molar refractivity (Wildman–Crippen MR) is 106 cm³/mol. The molecule has 0 saturated carbocycles. The van der Waals surface area contributed by atoms with Crippen molar-refractivity contribution in [3.05, 3.63) is 47.8 Å². The van der Waals surface area contributed by atoms with E-state index in [-0.39, 0.29) is 17.7 Å². The first-order valence-corrected chi connectivity index (χ1v) is 9.54. The Bertz CT molecular complexity index is 894. The number of halogens is 1. The second-order valence-electron chi connectivity index (χ2n) is 7.14. The van der Waals surface area contributed by atoms with Gasteiger partial charge in [-0.1, -0.05) is 12.1 Å². The lowest BCUT2D eigenvalue weighted by Crippen LogP contribution is -2.43. The largest absolute Gasteiger partial charge is 0.377 e. The van der Waals surface area contributed by atoms with Crippen LogP contribution in [0.25, 0.3) is 5.57 Å². The van der Waals surface area contributed by atoms with Gasteiger partial charge in [0.1, 0.15) is 5.82 Å². The highest BCUT2D eigenvalue weighted by Gasteiger charge is 2.24.